The Labute approximate surface area is 372 Å². The average Bonchev–Trinajstić information content (AvgIpc) is 3.75. The fourth-order valence-corrected chi connectivity index (χ4v) is 9.42. The number of anilines is 3. The van der Waals surface area contributed by atoms with E-state index in [1.54, 1.807) is 0 Å². The molecular formula is C62H41NO. The summed E-state index contributed by atoms with van der Waals surface area (Å²) >= 11 is 0. The highest BCUT2D eigenvalue weighted by Crippen LogP contribution is 2.40. The van der Waals surface area contributed by atoms with E-state index in [-0.39, 0.29) is 0 Å². The zero-order valence-electron chi connectivity index (χ0n) is 35.0. The van der Waals surface area contributed by atoms with E-state index in [2.05, 4.69) is 241 Å². The topological polar surface area (TPSA) is 16.4 Å². The molecule has 0 saturated heterocycles. The molecule has 1 heterocycles. The van der Waals surface area contributed by atoms with Crippen LogP contribution in [-0.2, 0) is 0 Å². The normalized spacial score (nSPS) is 11.4. The lowest BCUT2D eigenvalue weighted by Crippen LogP contribution is -2.10. The number of rotatable bonds is 8. The van der Waals surface area contributed by atoms with Crippen molar-refractivity contribution < 1.29 is 4.42 Å². The number of furan rings is 1. The van der Waals surface area contributed by atoms with E-state index in [1.807, 2.05) is 12.1 Å². The summed E-state index contributed by atoms with van der Waals surface area (Å²) in [6.45, 7) is 0. The third kappa shape index (κ3) is 6.79. The fourth-order valence-electron chi connectivity index (χ4n) is 9.42. The van der Waals surface area contributed by atoms with Crippen molar-refractivity contribution in [2.75, 3.05) is 4.90 Å². The molecule has 2 heteroatoms. The second-order valence-electron chi connectivity index (χ2n) is 16.5. The molecule has 11 aromatic carbocycles. The molecule has 0 saturated carbocycles. The van der Waals surface area contributed by atoms with Crippen molar-refractivity contribution >= 4 is 60.5 Å². The summed E-state index contributed by atoms with van der Waals surface area (Å²) in [7, 11) is 0. The standard InChI is InChI=1S/C62H41NO/c1-3-16-55-46(10-1)12-8-19-57(55)48-26-22-42(23-27-48)44-30-35-52(36-31-44)63(54-15-7-14-50(40-54)51-34-39-62-60(41-51)59-18-5-6-21-61(59)64-62)53-37-32-45(33-38-53)43-24-28-49(29-25-43)58-20-9-13-47-11-2-4-17-56(47)58/h1-41H. The van der Waals surface area contributed by atoms with Crippen LogP contribution in [0.4, 0.5) is 17.1 Å². The van der Waals surface area contributed by atoms with Gasteiger partial charge in [0.05, 0.1) is 0 Å². The summed E-state index contributed by atoms with van der Waals surface area (Å²) in [5, 5.41) is 7.29. The molecule has 2 nitrogen and oxygen atoms in total. The molecule has 12 aromatic rings. The first kappa shape index (κ1) is 37.3. The van der Waals surface area contributed by atoms with Crippen LogP contribution in [0.5, 0.6) is 0 Å². The molecule has 0 aliphatic heterocycles. The lowest BCUT2D eigenvalue weighted by atomic mass is 9.96. The maximum Gasteiger partial charge on any atom is 0.135 e. The predicted octanol–water partition coefficient (Wildman–Crippen LogP) is 17.7. The Morgan fingerprint density at radius 3 is 1.20 bits per heavy atom. The first-order valence-corrected chi connectivity index (χ1v) is 21.9. The molecule has 0 spiro atoms. The smallest absolute Gasteiger partial charge is 0.135 e. The third-order valence-corrected chi connectivity index (χ3v) is 12.7. The average molecular weight is 816 g/mol. The number of hydrogen-bond donors (Lipinski definition) is 0. The summed E-state index contributed by atoms with van der Waals surface area (Å²) in [6.07, 6.45) is 0. The molecule has 0 N–H and O–H groups in total. The van der Waals surface area contributed by atoms with Crippen LogP contribution in [0.3, 0.4) is 0 Å². The maximum absolute atomic E-state index is 6.18. The fraction of sp³-hybridized carbons (Fsp3) is 0. The first-order valence-electron chi connectivity index (χ1n) is 21.9. The Kier molecular flexibility index (Phi) is 9.20. The molecule has 0 radical (unpaired) electrons. The van der Waals surface area contributed by atoms with Crippen LogP contribution in [0.1, 0.15) is 0 Å². The van der Waals surface area contributed by atoms with Crippen molar-refractivity contribution in [1.82, 2.24) is 0 Å². The number of nitrogens with zero attached hydrogens (tertiary/aromatic N) is 1. The van der Waals surface area contributed by atoms with Gasteiger partial charge in [-0.1, -0.05) is 194 Å². The van der Waals surface area contributed by atoms with Crippen LogP contribution in [0.15, 0.2) is 253 Å². The summed E-state index contributed by atoms with van der Waals surface area (Å²) in [6, 6.07) is 89.7. The maximum atomic E-state index is 6.18. The highest BCUT2D eigenvalue weighted by atomic mass is 16.3. The van der Waals surface area contributed by atoms with E-state index >= 15 is 0 Å². The van der Waals surface area contributed by atoms with Crippen molar-refractivity contribution in [3.63, 3.8) is 0 Å². The van der Waals surface area contributed by atoms with Crippen molar-refractivity contribution in [1.29, 1.82) is 0 Å². The predicted molar refractivity (Wildman–Crippen MR) is 271 cm³/mol. The molecule has 300 valence electrons. The Hall–Kier alpha value is -8.46. The van der Waals surface area contributed by atoms with E-state index in [4.69, 9.17) is 4.42 Å². The van der Waals surface area contributed by atoms with Gasteiger partial charge in [-0.3, -0.25) is 0 Å². The largest absolute Gasteiger partial charge is 0.456 e. The van der Waals surface area contributed by atoms with Crippen LogP contribution < -0.4 is 4.90 Å². The minimum Gasteiger partial charge on any atom is -0.456 e. The molecule has 0 fully saturated rings. The van der Waals surface area contributed by atoms with Gasteiger partial charge in [-0.05, 0) is 132 Å². The first-order chi connectivity index (χ1) is 31.7. The molecule has 0 amide bonds. The molecule has 64 heavy (non-hydrogen) atoms. The van der Waals surface area contributed by atoms with Gasteiger partial charge >= 0.3 is 0 Å². The van der Waals surface area contributed by atoms with Crippen LogP contribution in [0.2, 0.25) is 0 Å². The van der Waals surface area contributed by atoms with E-state index in [9.17, 15) is 0 Å². The number of para-hydroxylation sites is 1. The van der Waals surface area contributed by atoms with Crippen molar-refractivity contribution in [3.8, 4) is 55.6 Å². The van der Waals surface area contributed by atoms with Crippen LogP contribution in [0.25, 0.3) is 99.1 Å². The summed E-state index contributed by atoms with van der Waals surface area (Å²) in [5.74, 6) is 0. The van der Waals surface area contributed by atoms with E-state index < -0.39 is 0 Å². The molecule has 12 rings (SSSR count). The van der Waals surface area contributed by atoms with Crippen LogP contribution in [0, 0.1) is 0 Å². The van der Waals surface area contributed by atoms with Gasteiger partial charge in [0, 0.05) is 27.8 Å². The van der Waals surface area contributed by atoms with Gasteiger partial charge in [0.15, 0.2) is 0 Å². The highest BCUT2D eigenvalue weighted by molar-refractivity contribution is 6.06. The zero-order valence-corrected chi connectivity index (χ0v) is 35.0. The summed E-state index contributed by atoms with van der Waals surface area (Å²) in [5.41, 5.74) is 17.0. The second-order valence-corrected chi connectivity index (χ2v) is 16.5. The number of fused-ring (bicyclic) bond motifs is 5. The van der Waals surface area contributed by atoms with Gasteiger partial charge in [0.2, 0.25) is 0 Å². The second kappa shape index (κ2) is 15.8. The molecule has 0 aliphatic rings. The zero-order chi connectivity index (χ0) is 42.4. The van der Waals surface area contributed by atoms with E-state index in [1.165, 1.54) is 66.1 Å². The highest BCUT2D eigenvalue weighted by Gasteiger charge is 2.16. The number of benzene rings is 11. The molecule has 0 aliphatic carbocycles. The van der Waals surface area contributed by atoms with E-state index in [0.717, 1.165) is 50.1 Å². The van der Waals surface area contributed by atoms with Gasteiger partial charge in [-0.2, -0.15) is 0 Å². The SMILES string of the molecule is c1cc(-c2ccc3oc4ccccc4c3c2)cc(N(c2ccc(-c3ccc(-c4cccc5ccccc45)cc3)cc2)c2ccc(-c3ccc(-c4cccc5ccccc45)cc3)cc2)c1. The quantitative estimate of drug-likeness (QED) is 0.152. The van der Waals surface area contributed by atoms with Gasteiger partial charge in [0.25, 0.3) is 0 Å². The Morgan fingerprint density at radius 2 is 0.641 bits per heavy atom. The minimum atomic E-state index is 0.898. The molecule has 0 atom stereocenters. The van der Waals surface area contributed by atoms with Crippen LogP contribution in [-0.4, -0.2) is 0 Å². The van der Waals surface area contributed by atoms with Crippen molar-refractivity contribution in [2.24, 2.45) is 0 Å². The minimum absolute atomic E-state index is 0.898. The summed E-state index contributed by atoms with van der Waals surface area (Å²) in [4.78, 5) is 2.36. The Balaban J connectivity index is 0.891. The molecular weight excluding hydrogens is 775 g/mol. The Bertz CT molecular complexity index is 3460. The molecule has 1 aromatic heterocycles. The van der Waals surface area contributed by atoms with E-state index in [0.29, 0.717) is 0 Å². The number of hydrogen-bond acceptors (Lipinski definition) is 2. The molecule has 0 bridgehead atoms. The lowest BCUT2D eigenvalue weighted by molar-refractivity contribution is 0.669. The van der Waals surface area contributed by atoms with Crippen molar-refractivity contribution in [3.05, 3.63) is 249 Å². The lowest BCUT2D eigenvalue weighted by Gasteiger charge is -2.26. The third-order valence-electron chi connectivity index (χ3n) is 12.7. The van der Waals surface area contributed by atoms with Gasteiger partial charge < -0.3 is 9.32 Å². The molecule has 0 unspecified atom stereocenters. The summed E-state index contributed by atoms with van der Waals surface area (Å²) < 4.78 is 6.18. The van der Waals surface area contributed by atoms with Gasteiger partial charge in [0.1, 0.15) is 11.2 Å². The monoisotopic (exact) mass is 815 g/mol. The van der Waals surface area contributed by atoms with Gasteiger partial charge in [-0.25, -0.2) is 0 Å². The van der Waals surface area contributed by atoms with Gasteiger partial charge in [-0.15, -0.1) is 0 Å². The van der Waals surface area contributed by atoms with Crippen molar-refractivity contribution in [2.45, 2.75) is 0 Å². The van der Waals surface area contributed by atoms with Crippen LogP contribution >= 0.6 is 0 Å². The Morgan fingerprint density at radius 1 is 0.234 bits per heavy atom.